The van der Waals surface area contributed by atoms with E-state index < -0.39 is 11.6 Å². The Morgan fingerprint density at radius 2 is 2.15 bits per heavy atom. The van der Waals surface area contributed by atoms with Crippen LogP contribution in [0.4, 0.5) is 8.78 Å². The minimum atomic E-state index is -0.914. The lowest BCUT2D eigenvalue weighted by Crippen LogP contribution is -2.30. The van der Waals surface area contributed by atoms with Crippen LogP contribution in [0.15, 0.2) is 28.8 Å². The number of rotatable bonds is 8. The quantitative estimate of drug-likeness (QED) is 0.776. The number of aromatic nitrogens is 1. The first kappa shape index (κ1) is 18.5. The van der Waals surface area contributed by atoms with Gasteiger partial charge in [0.2, 0.25) is 5.91 Å². The van der Waals surface area contributed by atoms with Crippen LogP contribution in [-0.4, -0.2) is 30.8 Å². The van der Waals surface area contributed by atoms with Crippen LogP contribution in [0.1, 0.15) is 23.4 Å². The number of benzene rings is 1. The average molecular weight is 366 g/mol. The zero-order chi connectivity index (χ0) is 18.4. The standard InChI is InChI=1S/C18H20F2N2O4/c19-16-2-1-12(5-17(16)20)9-25-11-15-6-14(22-26-15)7-18(23)21-8-13-3-4-24-10-13/h1-2,5-6,13H,3-4,7-11H2,(H,21,23). The molecule has 3 rings (SSSR count). The Morgan fingerprint density at radius 3 is 2.92 bits per heavy atom. The van der Waals surface area contributed by atoms with Crippen LogP contribution >= 0.6 is 0 Å². The molecule has 1 atom stereocenters. The van der Waals surface area contributed by atoms with Crippen LogP contribution in [0, 0.1) is 17.6 Å². The number of ether oxygens (including phenoxy) is 2. The molecule has 0 saturated carbocycles. The van der Waals surface area contributed by atoms with E-state index in [-0.39, 0.29) is 25.5 Å². The molecule has 1 aliphatic heterocycles. The summed E-state index contributed by atoms with van der Waals surface area (Å²) in [5.41, 5.74) is 1.02. The van der Waals surface area contributed by atoms with E-state index in [1.54, 1.807) is 6.07 Å². The lowest BCUT2D eigenvalue weighted by molar-refractivity contribution is -0.120. The number of nitrogens with zero attached hydrogens (tertiary/aromatic N) is 1. The van der Waals surface area contributed by atoms with Gasteiger partial charge < -0.3 is 19.3 Å². The second-order valence-electron chi connectivity index (χ2n) is 6.24. The number of amides is 1. The van der Waals surface area contributed by atoms with Crippen molar-refractivity contribution in [1.82, 2.24) is 10.5 Å². The van der Waals surface area contributed by atoms with Crippen molar-refractivity contribution < 1.29 is 27.6 Å². The van der Waals surface area contributed by atoms with Crippen LogP contribution in [0.5, 0.6) is 0 Å². The van der Waals surface area contributed by atoms with Gasteiger partial charge in [0.1, 0.15) is 6.61 Å². The van der Waals surface area contributed by atoms with Gasteiger partial charge in [-0.3, -0.25) is 4.79 Å². The number of nitrogens with one attached hydrogen (secondary N) is 1. The summed E-state index contributed by atoms with van der Waals surface area (Å²) >= 11 is 0. The van der Waals surface area contributed by atoms with Crippen LogP contribution in [0.3, 0.4) is 0 Å². The van der Waals surface area contributed by atoms with E-state index >= 15 is 0 Å². The fourth-order valence-corrected chi connectivity index (χ4v) is 2.64. The molecule has 0 aliphatic carbocycles. The third-order valence-electron chi connectivity index (χ3n) is 4.06. The molecule has 0 spiro atoms. The fraction of sp³-hybridized carbons (Fsp3) is 0.444. The molecule has 6 nitrogen and oxygen atoms in total. The van der Waals surface area contributed by atoms with Gasteiger partial charge in [0, 0.05) is 25.1 Å². The van der Waals surface area contributed by atoms with Gasteiger partial charge in [0.15, 0.2) is 17.4 Å². The van der Waals surface area contributed by atoms with Gasteiger partial charge in [-0.1, -0.05) is 11.2 Å². The third kappa shape index (κ3) is 5.34. The number of hydrogen-bond donors (Lipinski definition) is 1. The minimum absolute atomic E-state index is 0.108. The molecule has 2 heterocycles. The smallest absolute Gasteiger partial charge is 0.226 e. The highest BCUT2D eigenvalue weighted by molar-refractivity contribution is 5.78. The molecule has 0 bridgehead atoms. The average Bonchev–Trinajstić information content (AvgIpc) is 3.28. The summed E-state index contributed by atoms with van der Waals surface area (Å²) < 4.78 is 41.7. The van der Waals surface area contributed by atoms with E-state index in [0.717, 1.165) is 25.2 Å². The molecular formula is C18H20F2N2O4. The van der Waals surface area contributed by atoms with Crippen LogP contribution in [0.2, 0.25) is 0 Å². The van der Waals surface area contributed by atoms with Gasteiger partial charge in [0.25, 0.3) is 0 Å². The maximum atomic E-state index is 13.1. The van der Waals surface area contributed by atoms with Crippen molar-refractivity contribution >= 4 is 5.91 Å². The molecule has 140 valence electrons. The van der Waals surface area contributed by atoms with Gasteiger partial charge >= 0.3 is 0 Å². The Kier molecular flexibility index (Phi) is 6.30. The molecule has 1 N–H and O–H groups in total. The largest absolute Gasteiger partial charge is 0.381 e. The van der Waals surface area contributed by atoms with Crippen LogP contribution < -0.4 is 5.32 Å². The molecule has 2 aromatic rings. The van der Waals surface area contributed by atoms with E-state index in [4.69, 9.17) is 14.0 Å². The van der Waals surface area contributed by atoms with Gasteiger partial charge in [0.05, 0.1) is 25.3 Å². The summed E-state index contributed by atoms with van der Waals surface area (Å²) in [5.74, 6) is -1.11. The monoisotopic (exact) mass is 366 g/mol. The summed E-state index contributed by atoms with van der Waals surface area (Å²) in [7, 11) is 0. The summed E-state index contributed by atoms with van der Waals surface area (Å²) in [6, 6.07) is 5.23. The molecule has 1 amide bonds. The number of halogens is 2. The molecule has 26 heavy (non-hydrogen) atoms. The fourth-order valence-electron chi connectivity index (χ4n) is 2.64. The van der Waals surface area contributed by atoms with Gasteiger partial charge in [-0.25, -0.2) is 8.78 Å². The van der Waals surface area contributed by atoms with Gasteiger partial charge in [-0.05, 0) is 24.1 Å². The van der Waals surface area contributed by atoms with Gasteiger partial charge in [-0.15, -0.1) is 0 Å². The molecule has 1 aromatic carbocycles. The second kappa shape index (κ2) is 8.86. The maximum absolute atomic E-state index is 13.1. The molecule has 1 aliphatic rings. The highest BCUT2D eigenvalue weighted by Crippen LogP contribution is 2.13. The predicted octanol–water partition coefficient (Wildman–Crippen LogP) is 2.36. The molecule has 1 aromatic heterocycles. The van der Waals surface area contributed by atoms with Crippen LogP contribution in [-0.2, 0) is 33.9 Å². The van der Waals surface area contributed by atoms with Crippen molar-refractivity contribution in [3.8, 4) is 0 Å². The van der Waals surface area contributed by atoms with Gasteiger partial charge in [-0.2, -0.15) is 0 Å². The van der Waals surface area contributed by atoms with E-state index in [2.05, 4.69) is 10.5 Å². The predicted molar refractivity (Wildman–Crippen MR) is 87.0 cm³/mol. The molecule has 1 unspecified atom stereocenters. The molecule has 8 heteroatoms. The lowest BCUT2D eigenvalue weighted by Gasteiger charge is -2.08. The van der Waals surface area contributed by atoms with E-state index in [1.807, 2.05) is 0 Å². The van der Waals surface area contributed by atoms with Crippen molar-refractivity contribution in [3.63, 3.8) is 0 Å². The molecular weight excluding hydrogens is 346 g/mol. The van der Waals surface area contributed by atoms with Crippen molar-refractivity contribution in [2.45, 2.75) is 26.1 Å². The van der Waals surface area contributed by atoms with Crippen molar-refractivity contribution in [1.29, 1.82) is 0 Å². The zero-order valence-corrected chi connectivity index (χ0v) is 14.2. The van der Waals surface area contributed by atoms with Crippen molar-refractivity contribution in [2.24, 2.45) is 5.92 Å². The third-order valence-corrected chi connectivity index (χ3v) is 4.06. The Hall–Kier alpha value is -2.32. The normalized spacial score (nSPS) is 16.8. The highest BCUT2D eigenvalue weighted by Gasteiger charge is 2.17. The number of hydrogen-bond acceptors (Lipinski definition) is 5. The van der Waals surface area contributed by atoms with Crippen molar-refractivity contribution in [3.05, 3.63) is 52.9 Å². The summed E-state index contributed by atoms with van der Waals surface area (Å²) in [4.78, 5) is 11.9. The Labute approximate surface area is 149 Å². The Balaban J connectivity index is 1.39. The molecule has 1 fully saturated rings. The molecule has 1 saturated heterocycles. The number of carbonyl (C=O) groups is 1. The first-order valence-corrected chi connectivity index (χ1v) is 8.40. The first-order chi connectivity index (χ1) is 12.6. The zero-order valence-electron chi connectivity index (χ0n) is 14.2. The Morgan fingerprint density at radius 1 is 1.27 bits per heavy atom. The van der Waals surface area contributed by atoms with E-state index in [0.29, 0.717) is 36.1 Å². The van der Waals surface area contributed by atoms with E-state index in [9.17, 15) is 13.6 Å². The topological polar surface area (TPSA) is 73.6 Å². The van der Waals surface area contributed by atoms with E-state index in [1.165, 1.54) is 6.07 Å². The Bertz CT molecular complexity index is 745. The summed E-state index contributed by atoms with van der Waals surface area (Å²) in [6.45, 7) is 2.26. The summed E-state index contributed by atoms with van der Waals surface area (Å²) in [6.07, 6.45) is 1.09. The number of carbonyl (C=O) groups excluding carboxylic acids is 1. The second-order valence-corrected chi connectivity index (χ2v) is 6.24. The maximum Gasteiger partial charge on any atom is 0.226 e. The van der Waals surface area contributed by atoms with Crippen molar-refractivity contribution in [2.75, 3.05) is 19.8 Å². The highest BCUT2D eigenvalue weighted by atomic mass is 19.2. The molecule has 0 radical (unpaired) electrons. The minimum Gasteiger partial charge on any atom is -0.381 e. The first-order valence-electron chi connectivity index (χ1n) is 8.40. The lowest BCUT2D eigenvalue weighted by atomic mass is 10.1. The summed E-state index contributed by atoms with van der Waals surface area (Å²) in [5, 5.41) is 6.70. The SMILES string of the molecule is O=C(Cc1cc(COCc2ccc(F)c(F)c2)on1)NCC1CCOC1. The van der Waals surface area contributed by atoms with Crippen LogP contribution in [0.25, 0.3) is 0 Å².